The Labute approximate surface area is 151 Å². The number of fused-ring (bicyclic) bond motifs is 2. The van der Waals surface area contributed by atoms with Gasteiger partial charge in [-0.3, -0.25) is 9.78 Å². The first-order valence-electron chi connectivity index (χ1n) is 8.60. The van der Waals surface area contributed by atoms with E-state index in [-0.39, 0.29) is 19.0 Å². The zero-order valence-electron chi connectivity index (χ0n) is 14.8. The number of carbonyl (C=O) groups is 1. The maximum atomic E-state index is 12.3. The molecule has 0 bridgehead atoms. The van der Waals surface area contributed by atoms with E-state index >= 15 is 0 Å². The zero-order valence-corrected chi connectivity index (χ0v) is 14.8. The molecule has 0 unspecified atom stereocenters. The number of pyridine rings is 1. The minimum atomic E-state index is -0.284. The second kappa shape index (κ2) is 6.64. The predicted octanol–water partition coefficient (Wildman–Crippen LogP) is 4.88. The number of rotatable bonds is 4. The van der Waals surface area contributed by atoms with E-state index in [1.165, 1.54) is 0 Å². The summed E-state index contributed by atoms with van der Waals surface area (Å²) in [6, 6.07) is 17.6. The van der Waals surface area contributed by atoms with Crippen molar-refractivity contribution in [1.29, 1.82) is 0 Å². The van der Waals surface area contributed by atoms with E-state index < -0.39 is 0 Å². The lowest BCUT2D eigenvalue weighted by molar-refractivity contribution is -0.144. The van der Waals surface area contributed by atoms with Crippen LogP contribution < -0.4 is 0 Å². The molecule has 0 aliphatic heterocycles. The van der Waals surface area contributed by atoms with Crippen LogP contribution in [0.3, 0.4) is 0 Å². The third kappa shape index (κ3) is 3.06. The van der Waals surface area contributed by atoms with Crippen molar-refractivity contribution in [1.82, 2.24) is 4.98 Å². The van der Waals surface area contributed by atoms with E-state index in [4.69, 9.17) is 9.15 Å². The van der Waals surface area contributed by atoms with Crippen LogP contribution in [-0.4, -0.2) is 11.0 Å². The first kappa shape index (κ1) is 16.3. The number of furan rings is 1. The summed E-state index contributed by atoms with van der Waals surface area (Å²) in [5.74, 6) is 0.360. The second-order valence-corrected chi connectivity index (χ2v) is 6.41. The fourth-order valence-corrected chi connectivity index (χ4v) is 3.29. The third-order valence-electron chi connectivity index (χ3n) is 4.66. The van der Waals surface area contributed by atoms with Gasteiger partial charge in [0.25, 0.3) is 0 Å². The average molecular weight is 345 g/mol. The first-order chi connectivity index (χ1) is 12.6. The summed E-state index contributed by atoms with van der Waals surface area (Å²) in [5.41, 5.74) is 4.61. The molecule has 2 aromatic heterocycles. The highest BCUT2D eigenvalue weighted by Gasteiger charge is 2.14. The molecular formula is C22H19NO3. The Morgan fingerprint density at radius 1 is 1.08 bits per heavy atom. The van der Waals surface area contributed by atoms with Crippen molar-refractivity contribution in [3.05, 3.63) is 77.2 Å². The van der Waals surface area contributed by atoms with Gasteiger partial charge in [-0.25, -0.2) is 0 Å². The molecular weight excluding hydrogens is 326 g/mol. The van der Waals surface area contributed by atoms with Crippen molar-refractivity contribution in [2.75, 3.05) is 0 Å². The molecule has 0 radical (unpaired) electrons. The fraction of sp³-hybridized carbons (Fsp3) is 0.182. The van der Waals surface area contributed by atoms with Crippen molar-refractivity contribution in [3.63, 3.8) is 0 Å². The Bertz CT molecular complexity index is 1080. The molecule has 0 amide bonds. The van der Waals surface area contributed by atoms with Crippen molar-refractivity contribution in [2.45, 2.75) is 26.9 Å². The Morgan fingerprint density at radius 2 is 1.85 bits per heavy atom. The van der Waals surface area contributed by atoms with Crippen molar-refractivity contribution >= 4 is 27.8 Å². The number of hydrogen-bond acceptors (Lipinski definition) is 4. The predicted molar refractivity (Wildman–Crippen MR) is 101 cm³/mol. The molecule has 2 heterocycles. The number of nitrogens with zero attached hydrogens (tertiary/aromatic N) is 1. The largest absolute Gasteiger partial charge is 0.457 e. The Kier molecular flexibility index (Phi) is 4.17. The highest BCUT2D eigenvalue weighted by Crippen LogP contribution is 2.24. The van der Waals surface area contributed by atoms with Crippen molar-refractivity contribution < 1.29 is 13.9 Å². The van der Waals surface area contributed by atoms with E-state index in [2.05, 4.69) is 4.98 Å². The Hall–Kier alpha value is -3.14. The van der Waals surface area contributed by atoms with Gasteiger partial charge in [0.2, 0.25) is 0 Å². The summed E-state index contributed by atoms with van der Waals surface area (Å²) >= 11 is 0. The fourth-order valence-electron chi connectivity index (χ4n) is 3.29. The monoisotopic (exact) mass is 345 g/mol. The molecule has 26 heavy (non-hydrogen) atoms. The van der Waals surface area contributed by atoms with E-state index in [9.17, 15) is 4.79 Å². The molecule has 4 nitrogen and oxygen atoms in total. The number of ether oxygens (including phenoxy) is 1. The molecule has 0 aliphatic rings. The lowest BCUT2D eigenvalue weighted by atomic mass is 10.00. The second-order valence-electron chi connectivity index (χ2n) is 6.41. The van der Waals surface area contributed by atoms with Crippen LogP contribution >= 0.6 is 0 Å². The van der Waals surface area contributed by atoms with Gasteiger partial charge in [0.1, 0.15) is 18.0 Å². The number of carbonyl (C=O) groups excluding carboxylic acids is 1. The topological polar surface area (TPSA) is 52.3 Å². The summed E-state index contributed by atoms with van der Waals surface area (Å²) < 4.78 is 11.1. The van der Waals surface area contributed by atoms with Gasteiger partial charge in [-0.1, -0.05) is 36.4 Å². The summed E-state index contributed by atoms with van der Waals surface area (Å²) in [5, 5.41) is 2.07. The van der Waals surface area contributed by atoms with Crippen LogP contribution in [0.1, 0.15) is 22.6 Å². The molecule has 2 aromatic carbocycles. The molecule has 4 rings (SSSR count). The minimum absolute atomic E-state index is 0.132. The number of aromatic nitrogens is 1. The quantitative estimate of drug-likeness (QED) is 0.495. The van der Waals surface area contributed by atoms with Crippen LogP contribution in [0.5, 0.6) is 0 Å². The van der Waals surface area contributed by atoms with Crippen molar-refractivity contribution in [3.8, 4) is 0 Å². The van der Waals surface area contributed by atoms with Gasteiger partial charge >= 0.3 is 5.97 Å². The van der Waals surface area contributed by atoms with E-state index in [1.54, 1.807) is 0 Å². The van der Waals surface area contributed by atoms with Crippen LogP contribution in [0.4, 0.5) is 0 Å². The molecule has 0 spiro atoms. The normalized spacial score (nSPS) is 11.2. The van der Waals surface area contributed by atoms with E-state index in [0.717, 1.165) is 38.7 Å². The van der Waals surface area contributed by atoms with Gasteiger partial charge < -0.3 is 9.15 Å². The third-order valence-corrected chi connectivity index (χ3v) is 4.66. The number of aryl methyl sites for hydroxylation is 2. The molecule has 130 valence electrons. The number of esters is 1. The Morgan fingerprint density at radius 3 is 2.69 bits per heavy atom. The average Bonchev–Trinajstić information content (AvgIpc) is 3.06. The summed E-state index contributed by atoms with van der Waals surface area (Å²) in [6.07, 6.45) is 0.204. The molecule has 0 saturated heterocycles. The van der Waals surface area contributed by atoms with Gasteiger partial charge in [-0.2, -0.15) is 0 Å². The van der Waals surface area contributed by atoms with Crippen LogP contribution in [0, 0.1) is 13.8 Å². The molecule has 0 aliphatic carbocycles. The van der Waals surface area contributed by atoms with E-state index in [0.29, 0.717) is 5.76 Å². The standard InChI is InChI=1S/C22H19NO3/c1-14-18-8-4-5-9-20(18)23-15(2)19(14)12-22(24)25-13-17-11-16-7-3-6-10-21(16)26-17/h3-11H,12-13H2,1-2H3. The highest BCUT2D eigenvalue weighted by molar-refractivity contribution is 5.85. The smallest absolute Gasteiger partial charge is 0.310 e. The SMILES string of the molecule is Cc1nc2ccccc2c(C)c1CC(=O)OCc1cc2ccccc2o1. The van der Waals surface area contributed by atoms with Crippen LogP contribution in [-0.2, 0) is 22.6 Å². The van der Waals surface area contributed by atoms with Gasteiger partial charge in [0.05, 0.1) is 11.9 Å². The van der Waals surface area contributed by atoms with Gasteiger partial charge in [0.15, 0.2) is 0 Å². The number of hydrogen-bond donors (Lipinski definition) is 0. The molecule has 4 aromatic rings. The molecule has 0 saturated carbocycles. The summed E-state index contributed by atoms with van der Waals surface area (Å²) in [6.45, 7) is 4.09. The van der Waals surface area contributed by atoms with Gasteiger partial charge in [0, 0.05) is 16.5 Å². The molecule has 0 fully saturated rings. The lowest BCUT2D eigenvalue weighted by Crippen LogP contribution is -2.11. The van der Waals surface area contributed by atoms with Gasteiger partial charge in [-0.05, 0) is 43.2 Å². The zero-order chi connectivity index (χ0) is 18.1. The first-order valence-corrected chi connectivity index (χ1v) is 8.60. The molecule has 4 heteroatoms. The van der Waals surface area contributed by atoms with Gasteiger partial charge in [-0.15, -0.1) is 0 Å². The lowest BCUT2D eigenvalue weighted by Gasteiger charge is -2.12. The van der Waals surface area contributed by atoms with E-state index in [1.807, 2.05) is 68.4 Å². The van der Waals surface area contributed by atoms with Crippen LogP contribution in [0.2, 0.25) is 0 Å². The highest BCUT2D eigenvalue weighted by atomic mass is 16.5. The Balaban J connectivity index is 1.50. The summed E-state index contributed by atoms with van der Waals surface area (Å²) in [4.78, 5) is 17.0. The number of benzene rings is 2. The van der Waals surface area contributed by atoms with Crippen LogP contribution in [0.15, 0.2) is 59.0 Å². The summed E-state index contributed by atoms with van der Waals surface area (Å²) in [7, 11) is 0. The van der Waals surface area contributed by atoms with Crippen molar-refractivity contribution in [2.24, 2.45) is 0 Å². The maximum absolute atomic E-state index is 12.3. The number of para-hydroxylation sites is 2. The molecule has 0 N–H and O–H groups in total. The minimum Gasteiger partial charge on any atom is -0.457 e. The molecule has 0 atom stereocenters. The van der Waals surface area contributed by atoms with Crippen LogP contribution in [0.25, 0.3) is 21.9 Å². The maximum Gasteiger partial charge on any atom is 0.310 e.